The van der Waals surface area contributed by atoms with Crippen LogP contribution < -0.4 is 11.1 Å². The lowest BCUT2D eigenvalue weighted by atomic mass is 10.3. The number of anilines is 1. The molecule has 0 radical (unpaired) electrons. The molecule has 1 unspecified atom stereocenters. The summed E-state index contributed by atoms with van der Waals surface area (Å²) in [6.45, 7) is 3.72. The van der Waals surface area contributed by atoms with Gasteiger partial charge < -0.3 is 10.5 Å². The summed E-state index contributed by atoms with van der Waals surface area (Å²) in [5.74, 6) is -0.244. The lowest BCUT2D eigenvalue weighted by molar-refractivity contribution is -0.118. The normalized spacial score (nSPS) is 12.2. The molecule has 1 atom stereocenters. The second-order valence-corrected chi connectivity index (χ2v) is 3.36. The van der Waals surface area contributed by atoms with E-state index in [4.69, 9.17) is 10.5 Å². The Balaban J connectivity index is 2.66. The highest BCUT2D eigenvalue weighted by Gasteiger charge is 2.14. The number of amides is 1. The summed E-state index contributed by atoms with van der Waals surface area (Å²) in [5.41, 5.74) is 6.97. The molecular weight excluding hydrogens is 210 g/mol. The minimum absolute atomic E-state index is 0.143. The SMILES string of the molecule is COCC(N)C(=O)Nc1nnc(C)c(C)n1. The number of hydrogen-bond donors (Lipinski definition) is 2. The number of ether oxygens (including phenoxy) is 1. The lowest BCUT2D eigenvalue weighted by Gasteiger charge is -2.10. The zero-order valence-corrected chi connectivity index (χ0v) is 9.52. The highest BCUT2D eigenvalue weighted by Crippen LogP contribution is 2.02. The molecule has 0 aliphatic rings. The van der Waals surface area contributed by atoms with Crippen molar-refractivity contribution >= 4 is 11.9 Å². The molecule has 0 spiro atoms. The van der Waals surface area contributed by atoms with Crippen molar-refractivity contribution in [3.8, 4) is 0 Å². The first-order valence-electron chi connectivity index (χ1n) is 4.78. The van der Waals surface area contributed by atoms with Crippen molar-refractivity contribution in [1.29, 1.82) is 0 Å². The van der Waals surface area contributed by atoms with Crippen LogP contribution in [0.25, 0.3) is 0 Å². The minimum atomic E-state index is -0.741. The van der Waals surface area contributed by atoms with Crippen LogP contribution in [0.15, 0.2) is 0 Å². The molecule has 7 heteroatoms. The zero-order valence-electron chi connectivity index (χ0n) is 9.52. The fraction of sp³-hybridized carbons (Fsp3) is 0.556. The van der Waals surface area contributed by atoms with Crippen LogP contribution in [0.4, 0.5) is 5.95 Å². The summed E-state index contributed by atoms with van der Waals surface area (Å²) in [6.07, 6.45) is 0. The summed E-state index contributed by atoms with van der Waals surface area (Å²) >= 11 is 0. The van der Waals surface area contributed by atoms with Gasteiger partial charge in [0.05, 0.1) is 18.0 Å². The van der Waals surface area contributed by atoms with Crippen LogP contribution in [-0.2, 0) is 9.53 Å². The van der Waals surface area contributed by atoms with Crippen LogP contribution in [0.3, 0.4) is 0 Å². The predicted molar refractivity (Wildman–Crippen MR) is 57.8 cm³/mol. The van der Waals surface area contributed by atoms with Gasteiger partial charge in [-0.15, -0.1) is 5.10 Å². The largest absolute Gasteiger partial charge is 0.383 e. The number of hydrogen-bond acceptors (Lipinski definition) is 6. The smallest absolute Gasteiger partial charge is 0.249 e. The molecule has 88 valence electrons. The first-order chi connectivity index (χ1) is 7.54. The third-order valence-electron chi connectivity index (χ3n) is 2.01. The first-order valence-corrected chi connectivity index (χ1v) is 4.78. The summed E-state index contributed by atoms with van der Waals surface area (Å²) in [5, 5.41) is 10.0. The number of carbonyl (C=O) groups is 1. The van der Waals surface area contributed by atoms with Crippen molar-refractivity contribution in [3.63, 3.8) is 0 Å². The Morgan fingerprint density at radius 3 is 2.69 bits per heavy atom. The van der Waals surface area contributed by atoms with E-state index in [0.29, 0.717) is 5.69 Å². The topological polar surface area (TPSA) is 103 Å². The van der Waals surface area contributed by atoms with Crippen molar-refractivity contribution in [1.82, 2.24) is 15.2 Å². The highest BCUT2D eigenvalue weighted by atomic mass is 16.5. The van der Waals surface area contributed by atoms with Crippen LogP contribution in [0, 0.1) is 13.8 Å². The molecule has 1 amide bonds. The summed E-state index contributed by atoms with van der Waals surface area (Å²) < 4.78 is 4.76. The molecule has 16 heavy (non-hydrogen) atoms. The average molecular weight is 225 g/mol. The Kier molecular flexibility index (Phi) is 4.27. The van der Waals surface area contributed by atoms with E-state index >= 15 is 0 Å². The Morgan fingerprint density at radius 1 is 1.44 bits per heavy atom. The second-order valence-electron chi connectivity index (χ2n) is 3.36. The summed E-state index contributed by atoms with van der Waals surface area (Å²) in [7, 11) is 1.47. The molecule has 0 aromatic carbocycles. The Hall–Kier alpha value is -1.60. The van der Waals surface area contributed by atoms with Gasteiger partial charge in [-0.2, -0.15) is 5.10 Å². The van der Waals surface area contributed by atoms with Crippen molar-refractivity contribution in [2.45, 2.75) is 19.9 Å². The lowest BCUT2D eigenvalue weighted by Crippen LogP contribution is -2.39. The van der Waals surface area contributed by atoms with Crippen LogP contribution in [0.1, 0.15) is 11.4 Å². The number of rotatable bonds is 4. The molecule has 0 saturated carbocycles. The molecule has 1 heterocycles. The van der Waals surface area contributed by atoms with Gasteiger partial charge in [-0.25, -0.2) is 4.98 Å². The standard InChI is InChI=1S/C9H15N5O2/c1-5-6(2)13-14-9(11-5)12-8(15)7(10)4-16-3/h7H,4,10H2,1-3H3,(H,11,12,14,15). The molecule has 0 bridgehead atoms. The van der Waals surface area contributed by atoms with Crippen LogP contribution >= 0.6 is 0 Å². The highest BCUT2D eigenvalue weighted by molar-refractivity contribution is 5.93. The van der Waals surface area contributed by atoms with Crippen molar-refractivity contribution in [2.75, 3.05) is 19.0 Å². The van der Waals surface area contributed by atoms with E-state index in [1.165, 1.54) is 7.11 Å². The van der Waals surface area contributed by atoms with Gasteiger partial charge in [0, 0.05) is 7.11 Å². The number of carbonyl (C=O) groups excluding carboxylic acids is 1. The molecule has 1 aromatic heterocycles. The van der Waals surface area contributed by atoms with E-state index in [0.717, 1.165) is 5.69 Å². The van der Waals surface area contributed by atoms with E-state index in [2.05, 4.69) is 20.5 Å². The number of nitrogens with zero attached hydrogens (tertiary/aromatic N) is 3. The number of aromatic nitrogens is 3. The van der Waals surface area contributed by atoms with Gasteiger partial charge in [0.25, 0.3) is 0 Å². The Morgan fingerprint density at radius 2 is 2.12 bits per heavy atom. The van der Waals surface area contributed by atoms with Gasteiger partial charge in [-0.1, -0.05) is 0 Å². The molecule has 0 aliphatic heterocycles. The van der Waals surface area contributed by atoms with E-state index in [1.807, 2.05) is 0 Å². The van der Waals surface area contributed by atoms with E-state index in [-0.39, 0.29) is 12.6 Å². The Bertz CT molecular complexity index is 382. The third-order valence-corrected chi connectivity index (χ3v) is 2.01. The molecular formula is C9H15N5O2. The number of nitrogens with one attached hydrogen (secondary N) is 1. The van der Waals surface area contributed by atoms with Gasteiger partial charge in [0.2, 0.25) is 11.9 Å². The zero-order chi connectivity index (χ0) is 12.1. The maximum absolute atomic E-state index is 11.5. The van der Waals surface area contributed by atoms with Gasteiger partial charge in [-0.05, 0) is 13.8 Å². The third kappa shape index (κ3) is 3.21. The van der Waals surface area contributed by atoms with Crippen LogP contribution in [-0.4, -0.2) is 40.8 Å². The fourth-order valence-electron chi connectivity index (χ4n) is 0.968. The molecule has 0 saturated heterocycles. The van der Waals surface area contributed by atoms with E-state index < -0.39 is 11.9 Å². The minimum Gasteiger partial charge on any atom is -0.383 e. The maximum Gasteiger partial charge on any atom is 0.249 e. The maximum atomic E-state index is 11.5. The van der Waals surface area contributed by atoms with Crippen molar-refractivity contribution in [2.24, 2.45) is 5.73 Å². The molecule has 1 aromatic rings. The Labute approximate surface area is 93.4 Å². The van der Waals surface area contributed by atoms with Gasteiger partial charge in [-0.3, -0.25) is 10.1 Å². The van der Waals surface area contributed by atoms with Crippen LogP contribution in [0.2, 0.25) is 0 Å². The van der Waals surface area contributed by atoms with E-state index in [9.17, 15) is 4.79 Å². The molecule has 1 rings (SSSR count). The first kappa shape index (κ1) is 12.5. The summed E-state index contributed by atoms with van der Waals surface area (Å²) in [4.78, 5) is 15.5. The molecule has 3 N–H and O–H groups in total. The number of aryl methyl sites for hydroxylation is 2. The average Bonchev–Trinajstić information content (AvgIpc) is 2.24. The number of methoxy groups -OCH3 is 1. The van der Waals surface area contributed by atoms with Gasteiger partial charge >= 0.3 is 0 Å². The van der Waals surface area contributed by atoms with Gasteiger partial charge in [0.15, 0.2) is 0 Å². The molecule has 7 nitrogen and oxygen atoms in total. The molecule has 0 fully saturated rings. The summed E-state index contributed by atoms with van der Waals surface area (Å²) in [6, 6.07) is -0.741. The van der Waals surface area contributed by atoms with E-state index in [1.54, 1.807) is 13.8 Å². The van der Waals surface area contributed by atoms with Crippen molar-refractivity contribution < 1.29 is 9.53 Å². The quantitative estimate of drug-likeness (QED) is 0.709. The fourth-order valence-corrected chi connectivity index (χ4v) is 0.968. The van der Waals surface area contributed by atoms with Gasteiger partial charge in [0.1, 0.15) is 6.04 Å². The number of nitrogens with two attached hydrogens (primary N) is 1. The predicted octanol–water partition coefficient (Wildman–Crippen LogP) is -0.599. The van der Waals surface area contributed by atoms with Crippen LogP contribution in [0.5, 0.6) is 0 Å². The monoisotopic (exact) mass is 225 g/mol. The second kappa shape index (κ2) is 5.47. The van der Waals surface area contributed by atoms with Crippen molar-refractivity contribution in [3.05, 3.63) is 11.4 Å². The molecule has 0 aliphatic carbocycles.